The van der Waals surface area contributed by atoms with Gasteiger partial charge in [-0.05, 0) is 54.3 Å². The topological polar surface area (TPSA) is 20.2 Å². The first kappa shape index (κ1) is 16.0. The Balaban J connectivity index is 2.42. The quantitative estimate of drug-likeness (QED) is 0.785. The molecule has 0 aliphatic rings. The molecule has 0 heterocycles. The van der Waals surface area contributed by atoms with Gasteiger partial charge in [-0.1, -0.05) is 34.1 Å². The largest absolute Gasteiger partial charge is 0.416 e. The Hall–Kier alpha value is -1.33. The van der Waals surface area contributed by atoms with Crippen molar-refractivity contribution in [2.24, 2.45) is 0 Å². The molecule has 21 heavy (non-hydrogen) atoms. The van der Waals surface area contributed by atoms with Crippen LogP contribution in [0.2, 0.25) is 0 Å². The highest BCUT2D eigenvalue weighted by Gasteiger charge is 2.31. The number of alkyl halides is 3. The molecule has 0 radical (unpaired) electrons. The van der Waals surface area contributed by atoms with Gasteiger partial charge in [0.05, 0.1) is 5.56 Å². The Morgan fingerprint density at radius 1 is 1.00 bits per heavy atom. The normalized spacial score (nSPS) is 13.3. The average molecular weight is 359 g/mol. The number of rotatable bonds is 2. The van der Waals surface area contributed by atoms with Gasteiger partial charge in [-0.25, -0.2) is 0 Å². The molecule has 5 heteroatoms. The van der Waals surface area contributed by atoms with Gasteiger partial charge in [-0.3, -0.25) is 0 Å². The Labute approximate surface area is 129 Å². The van der Waals surface area contributed by atoms with Gasteiger partial charge in [0.2, 0.25) is 0 Å². The molecule has 0 aliphatic heterocycles. The average Bonchev–Trinajstić information content (AvgIpc) is 2.36. The van der Waals surface area contributed by atoms with E-state index in [2.05, 4.69) is 15.9 Å². The predicted molar refractivity (Wildman–Crippen MR) is 79.1 cm³/mol. The number of hydrogen-bond donors (Lipinski definition) is 1. The van der Waals surface area contributed by atoms with Gasteiger partial charge >= 0.3 is 6.18 Å². The summed E-state index contributed by atoms with van der Waals surface area (Å²) in [6.45, 7) is 3.49. The smallest absolute Gasteiger partial charge is 0.384 e. The molecule has 2 rings (SSSR count). The van der Waals surface area contributed by atoms with Gasteiger partial charge < -0.3 is 5.11 Å². The maximum atomic E-state index is 12.7. The van der Waals surface area contributed by atoms with E-state index in [0.29, 0.717) is 16.7 Å². The van der Waals surface area contributed by atoms with E-state index in [4.69, 9.17) is 0 Å². The lowest BCUT2D eigenvalue weighted by atomic mass is 9.95. The molecule has 0 aliphatic carbocycles. The number of aryl methyl sites for hydroxylation is 2. The van der Waals surface area contributed by atoms with Crippen LogP contribution in [0.1, 0.15) is 33.9 Å². The summed E-state index contributed by atoms with van der Waals surface area (Å²) in [6.07, 6.45) is -5.35. The van der Waals surface area contributed by atoms with Gasteiger partial charge in [-0.15, -0.1) is 0 Å². The maximum absolute atomic E-state index is 12.7. The van der Waals surface area contributed by atoms with Crippen molar-refractivity contribution in [2.45, 2.75) is 26.1 Å². The van der Waals surface area contributed by atoms with E-state index in [0.717, 1.165) is 22.2 Å². The van der Waals surface area contributed by atoms with Crippen LogP contribution < -0.4 is 0 Å². The summed E-state index contributed by atoms with van der Waals surface area (Å²) in [7, 11) is 0. The minimum absolute atomic E-state index is 0.407. The van der Waals surface area contributed by atoms with Crippen molar-refractivity contribution in [1.82, 2.24) is 0 Å². The highest BCUT2D eigenvalue weighted by atomic mass is 79.9. The third-order valence-electron chi connectivity index (χ3n) is 3.34. The Morgan fingerprint density at radius 3 is 2.14 bits per heavy atom. The summed E-state index contributed by atoms with van der Waals surface area (Å²) in [4.78, 5) is 0. The van der Waals surface area contributed by atoms with E-state index >= 15 is 0 Å². The fraction of sp³-hybridized carbons (Fsp3) is 0.250. The van der Waals surface area contributed by atoms with Crippen molar-refractivity contribution in [3.63, 3.8) is 0 Å². The second-order valence-corrected chi connectivity index (χ2v) is 5.85. The number of benzene rings is 2. The standard InChI is InChI=1S/C16H14BrF3O/c1-9-3-5-13(14(17)7-9)15(21)12-6-4-11(8-10(12)2)16(18,19)20/h3-8,15,21H,1-2H3. The summed E-state index contributed by atoms with van der Waals surface area (Å²) in [5.41, 5.74) is 1.82. The second-order valence-electron chi connectivity index (χ2n) is 5.00. The lowest BCUT2D eigenvalue weighted by molar-refractivity contribution is -0.137. The first-order chi connectivity index (χ1) is 9.70. The van der Waals surface area contributed by atoms with Crippen LogP contribution in [0.25, 0.3) is 0 Å². The van der Waals surface area contributed by atoms with Crippen LogP contribution in [-0.2, 0) is 6.18 Å². The van der Waals surface area contributed by atoms with Crippen LogP contribution in [0.5, 0.6) is 0 Å². The number of hydrogen-bond acceptors (Lipinski definition) is 1. The van der Waals surface area contributed by atoms with Gasteiger partial charge in [0.15, 0.2) is 0 Å². The van der Waals surface area contributed by atoms with E-state index in [1.165, 1.54) is 6.07 Å². The van der Waals surface area contributed by atoms with Crippen LogP contribution in [0.3, 0.4) is 0 Å². The van der Waals surface area contributed by atoms with Gasteiger partial charge in [0.25, 0.3) is 0 Å². The Kier molecular flexibility index (Phi) is 4.44. The van der Waals surface area contributed by atoms with Crippen LogP contribution >= 0.6 is 15.9 Å². The summed E-state index contributed by atoms with van der Waals surface area (Å²) < 4.78 is 38.7. The molecule has 0 saturated heterocycles. The monoisotopic (exact) mass is 358 g/mol. The maximum Gasteiger partial charge on any atom is 0.416 e. The second kappa shape index (κ2) is 5.81. The molecule has 1 unspecified atom stereocenters. The molecular weight excluding hydrogens is 345 g/mol. The molecule has 1 atom stereocenters. The third kappa shape index (κ3) is 3.47. The van der Waals surface area contributed by atoms with Crippen molar-refractivity contribution < 1.29 is 18.3 Å². The van der Waals surface area contributed by atoms with Crippen molar-refractivity contribution in [3.05, 3.63) is 68.7 Å². The lowest BCUT2D eigenvalue weighted by Crippen LogP contribution is -2.08. The SMILES string of the molecule is Cc1ccc(C(O)c2ccc(C(F)(F)F)cc2C)c(Br)c1. The minimum Gasteiger partial charge on any atom is -0.384 e. The van der Waals surface area contributed by atoms with Crippen LogP contribution in [-0.4, -0.2) is 5.11 Å². The molecule has 0 amide bonds. The van der Waals surface area contributed by atoms with E-state index in [9.17, 15) is 18.3 Å². The highest BCUT2D eigenvalue weighted by Crippen LogP contribution is 2.34. The van der Waals surface area contributed by atoms with Crippen molar-refractivity contribution in [3.8, 4) is 0 Å². The summed E-state index contributed by atoms with van der Waals surface area (Å²) in [5, 5.41) is 10.4. The van der Waals surface area contributed by atoms with Crippen molar-refractivity contribution in [1.29, 1.82) is 0 Å². The molecular formula is C16H14BrF3O. The molecule has 1 N–H and O–H groups in total. The van der Waals surface area contributed by atoms with E-state index in [-0.39, 0.29) is 0 Å². The zero-order valence-corrected chi connectivity index (χ0v) is 13.1. The fourth-order valence-electron chi connectivity index (χ4n) is 2.18. The molecule has 112 valence electrons. The van der Waals surface area contributed by atoms with Crippen LogP contribution in [0.15, 0.2) is 40.9 Å². The van der Waals surface area contributed by atoms with E-state index in [1.54, 1.807) is 13.0 Å². The molecule has 2 aromatic rings. The van der Waals surface area contributed by atoms with Gasteiger partial charge in [0.1, 0.15) is 6.10 Å². The fourth-order valence-corrected chi connectivity index (χ4v) is 2.89. The zero-order valence-electron chi connectivity index (χ0n) is 11.5. The number of halogens is 4. The van der Waals surface area contributed by atoms with Gasteiger partial charge in [0, 0.05) is 4.47 Å². The zero-order chi connectivity index (χ0) is 15.8. The molecule has 0 saturated carbocycles. The molecule has 1 nitrogen and oxygen atoms in total. The minimum atomic E-state index is -4.38. The molecule has 2 aromatic carbocycles. The van der Waals surface area contributed by atoms with Crippen LogP contribution in [0.4, 0.5) is 13.2 Å². The molecule has 0 bridgehead atoms. The lowest BCUT2D eigenvalue weighted by Gasteiger charge is -2.17. The number of aliphatic hydroxyl groups excluding tert-OH is 1. The predicted octanol–water partition coefficient (Wildman–Crippen LogP) is 5.17. The first-order valence-corrected chi connectivity index (χ1v) is 7.11. The van der Waals surface area contributed by atoms with Gasteiger partial charge in [-0.2, -0.15) is 13.2 Å². The summed E-state index contributed by atoms with van der Waals surface area (Å²) >= 11 is 3.38. The molecule has 0 spiro atoms. The van der Waals surface area contributed by atoms with Crippen LogP contribution in [0, 0.1) is 13.8 Å². The molecule has 0 fully saturated rings. The van der Waals surface area contributed by atoms with E-state index in [1.807, 2.05) is 19.1 Å². The Morgan fingerprint density at radius 2 is 1.62 bits per heavy atom. The Bertz CT molecular complexity index is 665. The van der Waals surface area contributed by atoms with Crippen molar-refractivity contribution >= 4 is 15.9 Å². The summed E-state index contributed by atoms with van der Waals surface area (Å²) in [5.74, 6) is 0. The third-order valence-corrected chi connectivity index (χ3v) is 4.03. The van der Waals surface area contributed by atoms with Crippen molar-refractivity contribution in [2.75, 3.05) is 0 Å². The summed E-state index contributed by atoms with van der Waals surface area (Å²) in [6, 6.07) is 8.85. The molecule has 0 aromatic heterocycles. The highest BCUT2D eigenvalue weighted by molar-refractivity contribution is 9.10. The van der Waals surface area contributed by atoms with E-state index < -0.39 is 17.8 Å². The first-order valence-electron chi connectivity index (χ1n) is 6.32. The number of aliphatic hydroxyl groups is 1.